The Hall–Kier alpha value is 0.126. The van der Waals surface area contributed by atoms with Crippen LogP contribution in [-0.4, -0.2) is 80.8 Å². The second kappa shape index (κ2) is 40.3. The van der Waals surface area contributed by atoms with Gasteiger partial charge >= 0.3 is 73.7 Å². The van der Waals surface area contributed by atoms with Crippen molar-refractivity contribution in [2.75, 3.05) is 0 Å². The molecule has 0 aromatic heterocycles. The zero-order valence-corrected chi connectivity index (χ0v) is 29.3. The van der Waals surface area contributed by atoms with Crippen molar-refractivity contribution in [3.63, 3.8) is 0 Å². The molecule has 0 radical (unpaired) electrons. The van der Waals surface area contributed by atoms with Crippen LogP contribution in [0.2, 0.25) is 0 Å². The molecule has 0 atom stereocenters. The third-order valence-electron chi connectivity index (χ3n) is 7.51. The number of rotatable bonds is 30. The second-order valence-corrected chi connectivity index (χ2v) is 12.9. The van der Waals surface area contributed by atoms with E-state index in [1.807, 2.05) is 0 Å². The van der Waals surface area contributed by atoms with Gasteiger partial charge in [-0.2, -0.15) is 8.42 Å². The van der Waals surface area contributed by atoms with Crippen molar-refractivity contribution in [2.45, 2.75) is 194 Å². The quantitative estimate of drug-likeness (QED) is 0.0193. The molecule has 0 bridgehead atoms. The molecule has 0 saturated carbocycles. The predicted octanol–water partition coefficient (Wildman–Crippen LogP) is 10.8. The molecule has 0 fully saturated rings. The van der Waals surface area contributed by atoms with Gasteiger partial charge in [0, 0.05) is 12.8 Å². The number of carbonyl (C=O) groups is 2. The van der Waals surface area contributed by atoms with E-state index < -0.39 is 10.4 Å². The first-order chi connectivity index (χ1) is 21.2. The summed E-state index contributed by atoms with van der Waals surface area (Å²) in [5, 5.41) is 0. The van der Waals surface area contributed by atoms with Crippen LogP contribution < -0.4 is 0 Å². The molecule has 0 amide bonds. The van der Waals surface area contributed by atoms with Gasteiger partial charge < -0.3 is 4.74 Å². The van der Waals surface area contributed by atoms with Crippen molar-refractivity contribution in [2.24, 2.45) is 0 Å². The fourth-order valence-corrected chi connectivity index (χ4v) is 4.91. The number of hydrogen-bond acceptors (Lipinski definition) is 5. The van der Waals surface area contributed by atoms with Crippen LogP contribution in [0.4, 0.5) is 0 Å². The molecule has 9 heteroatoms. The first-order valence-electron chi connectivity index (χ1n) is 17.9. The normalized spacial score (nSPS) is 11.4. The van der Waals surface area contributed by atoms with E-state index in [-0.39, 0.29) is 63.3 Å². The monoisotopic (exact) mass is 684 g/mol. The Morgan fingerprint density at radius 3 is 0.956 bits per heavy atom. The van der Waals surface area contributed by atoms with Gasteiger partial charge in [0.1, 0.15) is 0 Å². The minimum atomic E-state index is -4.67. The maximum absolute atomic E-state index is 11.9. The number of hydrogen-bond donors (Lipinski definition) is 2. The van der Waals surface area contributed by atoms with Crippen molar-refractivity contribution in [1.29, 1.82) is 0 Å². The summed E-state index contributed by atoms with van der Waals surface area (Å²) in [7, 11) is -4.67. The first-order valence-corrected chi connectivity index (χ1v) is 19.3. The molecule has 45 heavy (non-hydrogen) atoms. The fourth-order valence-electron chi connectivity index (χ4n) is 4.91. The van der Waals surface area contributed by atoms with Crippen molar-refractivity contribution in [3.8, 4) is 0 Å². The van der Waals surface area contributed by atoms with E-state index in [1.54, 1.807) is 0 Å². The molecular weight excluding hydrogens is 616 g/mol. The van der Waals surface area contributed by atoms with E-state index in [2.05, 4.69) is 38.2 Å². The molecule has 0 aromatic carbocycles. The van der Waals surface area contributed by atoms with Gasteiger partial charge in [-0.3, -0.25) is 18.7 Å². The Morgan fingerprint density at radius 1 is 0.467 bits per heavy atom. The Labute approximate surface area is 320 Å². The van der Waals surface area contributed by atoms with Gasteiger partial charge in [0.05, 0.1) is 0 Å². The molecule has 0 aliphatic rings. The summed E-state index contributed by atoms with van der Waals surface area (Å²) in [6, 6.07) is 0. The summed E-state index contributed by atoms with van der Waals surface area (Å²) in [6.07, 6.45) is 42.2. The topological polar surface area (TPSA) is 118 Å². The summed E-state index contributed by atoms with van der Waals surface area (Å²) in [4.78, 5) is 23.8. The minimum absolute atomic E-state index is 0. The van der Waals surface area contributed by atoms with Gasteiger partial charge in [0.2, 0.25) is 0 Å². The number of allylic oxidation sites excluding steroid dienone is 4. The van der Waals surface area contributed by atoms with Crippen LogP contribution in [0.3, 0.4) is 0 Å². The van der Waals surface area contributed by atoms with Crippen LogP contribution in [0.1, 0.15) is 194 Å². The molecule has 0 rings (SSSR count). The Bertz CT molecular complexity index is 739. The standard InChI is InChI=1S/C36H66O3.K.H2O4S.H/c1-3-5-7-9-11-13-15-17-19-21-23-25-27-29-31-33-35(37)39-36(38)34-32-30-28-26-24-22-20-18-16-14-12-10-8-6-4-2;;1-5(2,3)4;/h17-20H,3-16,21-34H2,1-2H3;;(H2,1,2,3,4);/b19-17-,20-18?;;;. The summed E-state index contributed by atoms with van der Waals surface area (Å²) < 4.78 is 36.6. The van der Waals surface area contributed by atoms with E-state index in [1.165, 1.54) is 128 Å². The number of esters is 2. The van der Waals surface area contributed by atoms with E-state index in [0.29, 0.717) is 12.8 Å². The Morgan fingerprint density at radius 2 is 0.689 bits per heavy atom. The molecule has 0 saturated heterocycles. The third kappa shape index (κ3) is 53.9. The maximum atomic E-state index is 11.9. The van der Waals surface area contributed by atoms with Crippen LogP contribution >= 0.6 is 0 Å². The van der Waals surface area contributed by atoms with E-state index >= 15 is 0 Å². The summed E-state index contributed by atoms with van der Waals surface area (Å²) in [5.74, 6) is -0.684. The number of carbonyl (C=O) groups excluding carboxylic acids is 2. The van der Waals surface area contributed by atoms with Gasteiger partial charge in [-0.25, -0.2) is 0 Å². The van der Waals surface area contributed by atoms with E-state index in [4.69, 9.17) is 22.3 Å². The third-order valence-corrected chi connectivity index (χ3v) is 7.51. The molecule has 0 heterocycles. The van der Waals surface area contributed by atoms with Gasteiger partial charge in [-0.1, -0.05) is 141 Å². The zero-order valence-electron chi connectivity index (χ0n) is 28.5. The molecular formula is C36H69KO7S. The second-order valence-electron chi connectivity index (χ2n) is 12.0. The molecule has 0 spiro atoms. The predicted molar refractivity (Wildman–Crippen MR) is 191 cm³/mol. The van der Waals surface area contributed by atoms with Gasteiger partial charge in [0.25, 0.3) is 0 Å². The summed E-state index contributed by atoms with van der Waals surface area (Å²) in [6.45, 7) is 4.53. The summed E-state index contributed by atoms with van der Waals surface area (Å²) >= 11 is 0. The molecule has 0 aliphatic carbocycles. The van der Waals surface area contributed by atoms with Crippen LogP contribution in [0.15, 0.2) is 24.3 Å². The van der Waals surface area contributed by atoms with Crippen LogP contribution in [0, 0.1) is 0 Å². The first kappa shape index (κ1) is 49.5. The van der Waals surface area contributed by atoms with Crippen molar-refractivity contribution in [3.05, 3.63) is 24.3 Å². The molecule has 0 aliphatic heterocycles. The molecule has 0 unspecified atom stereocenters. The van der Waals surface area contributed by atoms with Gasteiger partial charge in [-0.15, -0.1) is 0 Å². The molecule has 262 valence electrons. The SMILES string of the molecule is CCCCCCCCC=CCCCCCCCC(=O)OC(=O)CCCCCCC/C=C\CCCCCCCC.O=S(=O)(O)O.[KH]. The number of ether oxygens (including phenoxy) is 1. The van der Waals surface area contributed by atoms with Gasteiger partial charge in [-0.05, 0) is 64.2 Å². The van der Waals surface area contributed by atoms with Crippen LogP contribution in [-0.2, 0) is 24.7 Å². The average Bonchev–Trinajstić information content (AvgIpc) is 2.96. The van der Waals surface area contributed by atoms with Crippen LogP contribution in [0.5, 0.6) is 0 Å². The van der Waals surface area contributed by atoms with Crippen molar-refractivity contribution in [1.82, 2.24) is 0 Å². The fraction of sp³-hybridized carbons (Fsp3) is 0.833. The summed E-state index contributed by atoms with van der Waals surface area (Å²) in [5.41, 5.74) is 0. The van der Waals surface area contributed by atoms with E-state index in [9.17, 15) is 9.59 Å². The molecule has 7 nitrogen and oxygen atoms in total. The van der Waals surface area contributed by atoms with Gasteiger partial charge in [0.15, 0.2) is 0 Å². The number of unbranched alkanes of at least 4 members (excludes halogenated alkanes) is 22. The zero-order chi connectivity index (χ0) is 33.0. The van der Waals surface area contributed by atoms with Crippen molar-refractivity contribution >= 4 is 73.7 Å². The molecule has 0 aromatic rings. The Kier molecular flexibility index (Phi) is 44.3. The molecule has 2 N–H and O–H groups in total. The Balaban J connectivity index is -0.00000270. The van der Waals surface area contributed by atoms with E-state index in [0.717, 1.165) is 38.5 Å². The van der Waals surface area contributed by atoms with Crippen LogP contribution in [0.25, 0.3) is 0 Å². The average molecular weight is 685 g/mol. The van der Waals surface area contributed by atoms with Crippen molar-refractivity contribution < 1.29 is 31.8 Å².